The van der Waals surface area contributed by atoms with Gasteiger partial charge in [0, 0.05) is 16.0 Å². The topological polar surface area (TPSA) is 90.4 Å². The van der Waals surface area contributed by atoms with Crippen LogP contribution in [0.3, 0.4) is 0 Å². The molecule has 0 atom stereocenters. The van der Waals surface area contributed by atoms with Gasteiger partial charge in [0.25, 0.3) is 0 Å². The molecule has 110 valence electrons. The number of nitrogens with one attached hydrogen (secondary N) is 1. The van der Waals surface area contributed by atoms with Crippen LogP contribution in [-0.2, 0) is 0 Å². The van der Waals surface area contributed by atoms with E-state index in [9.17, 15) is 14.7 Å². The average Bonchev–Trinajstić information content (AvgIpc) is 2.50. The van der Waals surface area contributed by atoms with Crippen LogP contribution >= 0.6 is 11.6 Å². The van der Waals surface area contributed by atoms with E-state index in [0.29, 0.717) is 16.1 Å². The Morgan fingerprint density at radius 1 is 1.14 bits per heavy atom. The molecular weight excluding hydrogens is 306 g/mol. The summed E-state index contributed by atoms with van der Waals surface area (Å²) in [5.41, 5.74) is 0.538. The normalized spacial score (nSPS) is 10.8. The van der Waals surface area contributed by atoms with Crippen LogP contribution in [0.5, 0.6) is 5.75 Å². The summed E-state index contributed by atoms with van der Waals surface area (Å²) >= 11 is 5.92. The van der Waals surface area contributed by atoms with Crippen LogP contribution < -0.4 is 5.43 Å². The molecule has 0 fully saturated rings. The van der Waals surface area contributed by atoms with Gasteiger partial charge in [-0.3, -0.25) is 4.79 Å². The van der Waals surface area contributed by atoms with E-state index in [1.54, 1.807) is 24.3 Å². The van der Waals surface area contributed by atoms with Crippen LogP contribution in [0, 0.1) is 0 Å². The van der Waals surface area contributed by atoms with Gasteiger partial charge in [-0.05, 0) is 30.3 Å². The van der Waals surface area contributed by atoms with Crippen molar-refractivity contribution in [3.05, 3.63) is 63.3 Å². The molecule has 0 saturated carbocycles. The minimum absolute atomic E-state index is 0.0471. The zero-order chi connectivity index (χ0) is 15.9. The van der Waals surface area contributed by atoms with Crippen molar-refractivity contribution in [2.45, 2.75) is 0 Å². The third kappa shape index (κ3) is 2.31. The van der Waals surface area contributed by atoms with Crippen LogP contribution in [0.25, 0.3) is 22.2 Å². The number of aromatic nitrogens is 1. The Kier molecular flexibility index (Phi) is 3.35. The lowest BCUT2D eigenvalue weighted by atomic mass is 10.1. The third-order valence-corrected chi connectivity index (χ3v) is 3.57. The summed E-state index contributed by atoms with van der Waals surface area (Å²) in [5.74, 6) is -1.53. The van der Waals surface area contributed by atoms with Gasteiger partial charge < -0.3 is 15.2 Å². The fourth-order valence-electron chi connectivity index (χ4n) is 2.27. The van der Waals surface area contributed by atoms with Gasteiger partial charge in [0.05, 0.1) is 16.8 Å². The molecular formula is C16H10ClNO4. The van der Waals surface area contributed by atoms with Gasteiger partial charge in [-0.2, -0.15) is 0 Å². The van der Waals surface area contributed by atoms with Gasteiger partial charge in [0.2, 0.25) is 5.43 Å². The number of carboxylic acid groups (broad SMARTS) is 1. The zero-order valence-electron chi connectivity index (χ0n) is 11.1. The van der Waals surface area contributed by atoms with Crippen LogP contribution in [0.15, 0.2) is 47.3 Å². The van der Waals surface area contributed by atoms with E-state index in [4.69, 9.17) is 16.7 Å². The predicted molar refractivity (Wildman–Crippen MR) is 83.6 cm³/mol. The van der Waals surface area contributed by atoms with E-state index in [1.165, 1.54) is 18.2 Å². The molecule has 0 bridgehead atoms. The second-order valence-electron chi connectivity index (χ2n) is 4.75. The molecule has 0 spiro atoms. The molecule has 5 nitrogen and oxygen atoms in total. The van der Waals surface area contributed by atoms with Crippen molar-refractivity contribution in [3.63, 3.8) is 0 Å². The standard InChI is InChI=1S/C16H10ClNO4/c17-10-3-1-2-8(6-10)13-15(20)14(19)11-5-4-9(16(21)22)7-12(11)18-13/h1-7,20H,(H,18,19)(H,21,22). The maximum Gasteiger partial charge on any atom is 0.335 e. The number of H-pyrrole nitrogens is 1. The number of rotatable bonds is 2. The number of halogens is 1. The summed E-state index contributed by atoms with van der Waals surface area (Å²) in [6.45, 7) is 0. The molecule has 3 N–H and O–H groups in total. The minimum atomic E-state index is -1.10. The van der Waals surface area contributed by atoms with Gasteiger partial charge >= 0.3 is 5.97 Å². The summed E-state index contributed by atoms with van der Waals surface area (Å²) in [6.07, 6.45) is 0. The fourth-order valence-corrected chi connectivity index (χ4v) is 2.46. The van der Waals surface area contributed by atoms with Crippen molar-refractivity contribution in [2.75, 3.05) is 0 Å². The summed E-state index contributed by atoms with van der Waals surface area (Å²) in [5, 5.41) is 19.8. The highest BCUT2D eigenvalue weighted by Gasteiger charge is 2.14. The Hall–Kier alpha value is -2.79. The molecule has 3 rings (SSSR count). The Bertz CT molecular complexity index is 962. The third-order valence-electron chi connectivity index (χ3n) is 3.34. The first kappa shape index (κ1) is 14.2. The molecule has 1 heterocycles. The largest absolute Gasteiger partial charge is 0.503 e. The number of pyridine rings is 1. The first-order valence-corrected chi connectivity index (χ1v) is 6.73. The van der Waals surface area contributed by atoms with E-state index in [0.717, 1.165) is 0 Å². The molecule has 0 unspecified atom stereocenters. The molecule has 0 aliphatic carbocycles. The van der Waals surface area contributed by atoms with E-state index in [1.807, 2.05) is 0 Å². The molecule has 0 aliphatic rings. The number of carboxylic acids is 1. The monoisotopic (exact) mass is 315 g/mol. The Morgan fingerprint density at radius 3 is 2.59 bits per heavy atom. The number of aromatic carboxylic acids is 1. The van der Waals surface area contributed by atoms with E-state index in [-0.39, 0.29) is 16.6 Å². The maximum absolute atomic E-state index is 12.2. The summed E-state index contributed by atoms with van der Waals surface area (Å²) < 4.78 is 0. The highest BCUT2D eigenvalue weighted by atomic mass is 35.5. The number of fused-ring (bicyclic) bond motifs is 1. The minimum Gasteiger partial charge on any atom is -0.503 e. The number of aromatic amines is 1. The quantitative estimate of drug-likeness (QED) is 0.677. The van der Waals surface area contributed by atoms with E-state index >= 15 is 0 Å². The summed E-state index contributed by atoms with van der Waals surface area (Å²) in [6, 6.07) is 10.7. The second kappa shape index (κ2) is 5.20. The Balaban J connectivity index is 2.34. The van der Waals surface area contributed by atoms with Gasteiger partial charge in [0.15, 0.2) is 5.75 Å². The Morgan fingerprint density at radius 2 is 1.91 bits per heavy atom. The lowest BCUT2D eigenvalue weighted by Crippen LogP contribution is -2.06. The lowest BCUT2D eigenvalue weighted by Gasteiger charge is -2.08. The van der Waals surface area contributed by atoms with Crippen molar-refractivity contribution in [3.8, 4) is 17.0 Å². The van der Waals surface area contributed by atoms with Gasteiger partial charge in [-0.15, -0.1) is 0 Å². The first-order chi connectivity index (χ1) is 10.5. The lowest BCUT2D eigenvalue weighted by molar-refractivity contribution is 0.0697. The molecule has 6 heteroatoms. The molecule has 0 aliphatic heterocycles. The number of hydrogen-bond acceptors (Lipinski definition) is 3. The van der Waals surface area contributed by atoms with Gasteiger partial charge in [-0.25, -0.2) is 4.79 Å². The summed E-state index contributed by atoms with van der Waals surface area (Å²) in [7, 11) is 0. The second-order valence-corrected chi connectivity index (χ2v) is 5.19. The maximum atomic E-state index is 12.2. The van der Waals surface area contributed by atoms with E-state index < -0.39 is 17.1 Å². The van der Waals surface area contributed by atoms with Crippen molar-refractivity contribution in [1.82, 2.24) is 4.98 Å². The van der Waals surface area contributed by atoms with Crippen molar-refractivity contribution >= 4 is 28.5 Å². The van der Waals surface area contributed by atoms with Crippen molar-refractivity contribution in [2.24, 2.45) is 0 Å². The number of benzene rings is 2. The first-order valence-electron chi connectivity index (χ1n) is 6.35. The molecule has 22 heavy (non-hydrogen) atoms. The highest BCUT2D eigenvalue weighted by molar-refractivity contribution is 6.30. The predicted octanol–water partition coefficient (Wildman–Crippen LogP) is 3.25. The summed E-state index contributed by atoms with van der Waals surface area (Å²) in [4.78, 5) is 26.2. The zero-order valence-corrected chi connectivity index (χ0v) is 11.9. The number of carbonyl (C=O) groups is 1. The van der Waals surface area contributed by atoms with Crippen LogP contribution in [0.2, 0.25) is 5.02 Å². The molecule has 3 aromatic rings. The highest BCUT2D eigenvalue weighted by Crippen LogP contribution is 2.28. The molecule has 0 radical (unpaired) electrons. The average molecular weight is 316 g/mol. The van der Waals surface area contributed by atoms with Gasteiger partial charge in [0.1, 0.15) is 0 Å². The number of aromatic hydroxyl groups is 1. The molecule has 0 saturated heterocycles. The van der Waals surface area contributed by atoms with Crippen LogP contribution in [-0.4, -0.2) is 21.2 Å². The molecule has 0 amide bonds. The van der Waals surface area contributed by atoms with Crippen LogP contribution in [0.4, 0.5) is 0 Å². The fraction of sp³-hybridized carbons (Fsp3) is 0. The van der Waals surface area contributed by atoms with E-state index in [2.05, 4.69) is 4.98 Å². The van der Waals surface area contributed by atoms with Crippen molar-refractivity contribution in [1.29, 1.82) is 0 Å². The number of hydrogen-bond donors (Lipinski definition) is 3. The molecule has 1 aromatic heterocycles. The Labute approximate surface area is 129 Å². The van der Waals surface area contributed by atoms with Crippen molar-refractivity contribution < 1.29 is 15.0 Å². The van der Waals surface area contributed by atoms with Gasteiger partial charge in [-0.1, -0.05) is 23.7 Å². The van der Waals surface area contributed by atoms with Crippen LogP contribution in [0.1, 0.15) is 10.4 Å². The smallest absolute Gasteiger partial charge is 0.335 e. The SMILES string of the molecule is O=C(O)c1ccc2c(=O)c(O)c(-c3cccc(Cl)c3)[nH]c2c1. The molecule has 2 aromatic carbocycles.